The molecule has 110 valence electrons. The first-order valence-corrected chi connectivity index (χ1v) is 8.05. The molecule has 0 atom stereocenters. The highest BCUT2D eigenvalue weighted by Gasteiger charge is 2.21. The zero-order chi connectivity index (χ0) is 13.8. The molecule has 0 saturated carbocycles. The smallest absolute Gasteiger partial charge is 0.0599 e. The maximum atomic E-state index is 5.74. The van der Waals surface area contributed by atoms with Gasteiger partial charge in [0.15, 0.2) is 0 Å². The first-order chi connectivity index (χ1) is 9.86. The summed E-state index contributed by atoms with van der Waals surface area (Å²) in [5.74, 6) is 0. The molecule has 3 nitrogen and oxygen atoms in total. The van der Waals surface area contributed by atoms with Gasteiger partial charge in [0.1, 0.15) is 0 Å². The van der Waals surface area contributed by atoms with Crippen LogP contribution < -0.4 is 5.32 Å². The van der Waals surface area contributed by atoms with Crippen LogP contribution in [0.3, 0.4) is 0 Å². The SMILES string of the molecule is CCOC1CCN(Cc2cccc3c2CCCN3)CC1. The zero-order valence-corrected chi connectivity index (χ0v) is 12.5. The van der Waals surface area contributed by atoms with Crippen molar-refractivity contribution in [3.05, 3.63) is 29.3 Å². The van der Waals surface area contributed by atoms with Crippen molar-refractivity contribution in [2.45, 2.75) is 45.3 Å². The number of hydrogen-bond donors (Lipinski definition) is 1. The quantitative estimate of drug-likeness (QED) is 0.913. The van der Waals surface area contributed by atoms with E-state index in [0.29, 0.717) is 6.10 Å². The van der Waals surface area contributed by atoms with Gasteiger partial charge in [0.2, 0.25) is 0 Å². The first-order valence-electron chi connectivity index (χ1n) is 8.05. The van der Waals surface area contributed by atoms with Crippen LogP contribution in [0.15, 0.2) is 18.2 Å². The van der Waals surface area contributed by atoms with Crippen LogP contribution in [0.4, 0.5) is 5.69 Å². The van der Waals surface area contributed by atoms with Gasteiger partial charge in [0, 0.05) is 38.5 Å². The second-order valence-corrected chi connectivity index (χ2v) is 5.90. The van der Waals surface area contributed by atoms with Crippen LogP contribution in [-0.4, -0.2) is 37.2 Å². The number of benzene rings is 1. The van der Waals surface area contributed by atoms with E-state index in [0.717, 1.165) is 19.7 Å². The first kappa shape index (κ1) is 13.9. The third kappa shape index (κ3) is 3.15. The van der Waals surface area contributed by atoms with Gasteiger partial charge in [-0.15, -0.1) is 0 Å². The standard InChI is InChI=1S/C17H26N2O/c1-2-20-15-8-11-19(12-9-15)13-14-5-3-7-17-16(14)6-4-10-18-17/h3,5,7,15,18H,2,4,6,8-13H2,1H3. The second-order valence-electron chi connectivity index (χ2n) is 5.90. The molecule has 1 saturated heterocycles. The Bertz CT molecular complexity index is 439. The molecule has 0 spiro atoms. The third-order valence-corrected chi connectivity index (χ3v) is 4.52. The fourth-order valence-corrected chi connectivity index (χ4v) is 3.44. The monoisotopic (exact) mass is 274 g/mol. The highest BCUT2D eigenvalue weighted by atomic mass is 16.5. The fourth-order valence-electron chi connectivity index (χ4n) is 3.44. The van der Waals surface area contributed by atoms with Crippen molar-refractivity contribution in [1.29, 1.82) is 0 Å². The van der Waals surface area contributed by atoms with Crippen molar-refractivity contribution in [2.24, 2.45) is 0 Å². The van der Waals surface area contributed by atoms with Gasteiger partial charge in [0.05, 0.1) is 6.10 Å². The Morgan fingerprint density at radius 3 is 2.95 bits per heavy atom. The normalized spacial score (nSPS) is 20.4. The van der Waals surface area contributed by atoms with Crippen molar-refractivity contribution in [2.75, 3.05) is 31.6 Å². The molecule has 1 fully saturated rings. The molecule has 1 N–H and O–H groups in total. The molecule has 1 aromatic rings. The number of hydrogen-bond acceptors (Lipinski definition) is 3. The van der Waals surface area contributed by atoms with Gasteiger partial charge in [-0.1, -0.05) is 12.1 Å². The van der Waals surface area contributed by atoms with Gasteiger partial charge < -0.3 is 10.1 Å². The van der Waals surface area contributed by atoms with E-state index in [1.54, 1.807) is 5.56 Å². The fraction of sp³-hybridized carbons (Fsp3) is 0.647. The van der Waals surface area contributed by atoms with E-state index >= 15 is 0 Å². The number of piperidine rings is 1. The summed E-state index contributed by atoms with van der Waals surface area (Å²) < 4.78 is 5.74. The van der Waals surface area contributed by atoms with Crippen LogP contribution in [0.25, 0.3) is 0 Å². The minimum atomic E-state index is 0.489. The molecule has 1 aromatic carbocycles. The Kier molecular flexibility index (Phi) is 4.58. The maximum absolute atomic E-state index is 5.74. The Balaban J connectivity index is 1.61. The van der Waals surface area contributed by atoms with Crippen LogP contribution in [0, 0.1) is 0 Å². The third-order valence-electron chi connectivity index (χ3n) is 4.52. The van der Waals surface area contributed by atoms with E-state index in [9.17, 15) is 0 Å². The van der Waals surface area contributed by atoms with E-state index in [2.05, 4.69) is 35.3 Å². The lowest BCUT2D eigenvalue weighted by Gasteiger charge is -2.32. The molecule has 2 aliphatic rings. The topological polar surface area (TPSA) is 24.5 Å². The van der Waals surface area contributed by atoms with Crippen molar-refractivity contribution in [3.63, 3.8) is 0 Å². The number of ether oxygens (including phenoxy) is 1. The van der Waals surface area contributed by atoms with Crippen LogP contribution in [0.2, 0.25) is 0 Å². The van der Waals surface area contributed by atoms with Crippen molar-refractivity contribution >= 4 is 5.69 Å². The lowest BCUT2D eigenvalue weighted by atomic mass is 9.96. The Labute approximate surface area is 122 Å². The molecule has 20 heavy (non-hydrogen) atoms. The summed E-state index contributed by atoms with van der Waals surface area (Å²) in [6, 6.07) is 6.72. The molecule has 0 radical (unpaired) electrons. The predicted octanol–water partition coefficient (Wildman–Crippen LogP) is 3.05. The lowest BCUT2D eigenvalue weighted by molar-refractivity contribution is 0.0125. The van der Waals surface area contributed by atoms with Gasteiger partial charge in [-0.2, -0.15) is 0 Å². The summed E-state index contributed by atoms with van der Waals surface area (Å²) in [5.41, 5.74) is 4.42. The lowest BCUT2D eigenvalue weighted by Crippen LogP contribution is -2.36. The van der Waals surface area contributed by atoms with Crippen LogP contribution in [0.1, 0.15) is 37.3 Å². The van der Waals surface area contributed by atoms with Crippen LogP contribution >= 0.6 is 0 Å². The minimum Gasteiger partial charge on any atom is -0.385 e. The average Bonchev–Trinajstić information content (AvgIpc) is 2.50. The van der Waals surface area contributed by atoms with E-state index < -0.39 is 0 Å². The number of rotatable bonds is 4. The highest BCUT2D eigenvalue weighted by molar-refractivity contribution is 5.56. The van der Waals surface area contributed by atoms with Gasteiger partial charge in [-0.05, 0) is 49.8 Å². The Hall–Kier alpha value is -1.06. The van der Waals surface area contributed by atoms with Gasteiger partial charge in [0.25, 0.3) is 0 Å². The molecule has 3 rings (SSSR count). The molecule has 0 aliphatic carbocycles. The van der Waals surface area contributed by atoms with E-state index in [1.807, 2.05) is 0 Å². The molecular weight excluding hydrogens is 248 g/mol. The molecule has 0 unspecified atom stereocenters. The molecule has 0 amide bonds. The van der Waals surface area contributed by atoms with Crippen molar-refractivity contribution in [3.8, 4) is 0 Å². The number of fused-ring (bicyclic) bond motifs is 1. The average molecular weight is 274 g/mol. The Morgan fingerprint density at radius 2 is 2.15 bits per heavy atom. The Morgan fingerprint density at radius 1 is 1.30 bits per heavy atom. The summed E-state index contributed by atoms with van der Waals surface area (Å²) in [4.78, 5) is 2.58. The highest BCUT2D eigenvalue weighted by Crippen LogP contribution is 2.27. The summed E-state index contributed by atoms with van der Waals surface area (Å²) in [7, 11) is 0. The zero-order valence-electron chi connectivity index (χ0n) is 12.5. The van der Waals surface area contributed by atoms with Crippen molar-refractivity contribution < 1.29 is 4.74 Å². The van der Waals surface area contributed by atoms with E-state index in [-0.39, 0.29) is 0 Å². The molecule has 3 heteroatoms. The van der Waals surface area contributed by atoms with E-state index in [1.165, 1.54) is 50.0 Å². The summed E-state index contributed by atoms with van der Waals surface area (Å²) in [6.45, 7) is 7.50. The van der Waals surface area contributed by atoms with Gasteiger partial charge in [-0.25, -0.2) is 0 Å². The maximum Gasteiger partial charge on any atom is 0.0599 e. The number of likely N-dealkylation sites (tertiary alicyclic amines) is 1. The van der Waals surface area contributed by atoms with E-state index in [4.69, 9.17) is 4.74 Å². The largest absolute Gasteiger partial charge is 0.385 e. The number of nitrogens with one attached hydrogen (secondary N) is 1. The second kappa shape index (κ2) is 6.59. The summed E-state index contributed by atoms with van der Waals surface area (Å²) in [5, 5.41) is 3.53. The predicted molar refractivity (Wildman–Crippen MR) is 83.2 cm³/mol. The molecule has 2 aliphatic heterocycles. The minimum absolute atomic E-state index is 0.489. The van der Waals surface area contributed by atoms with Crippen LogP contribution in [0.5, 0.6) is 0 Å². The molecule has 0 aromatic heterocycles. The number of nitrogens with zero attached hydrogens (tertiary/aromatic N) is 1. The van der Waals surface area contributed by atoms with Gasteiger partial charge >= 0.3 is 0 Å². The molecular formula is C17H26N2O. The summed E-state index contributed by atoms with van der Waals surface area (Å²) >= 11 is 0. The number of anilines is 1. The van der Waals surface area contributed by atoms with Crippen LogP contribution in [-0.2, 0) is 17.7 Å². The van der Waals surface area contributed by atoms with Crippen molar-refractivity contribution in [1.82, 2.24) is 4.90 Å². The van der Waals surface area contributed by atoms with Gasteiger partial charge in [-0.3, -0.25) is 4.90 Å². The molecule has 0 bridgehead atoms. The summed E-state index contributed by atoms with van der Waals surface area (Å²) in [6.07, 6.45) is 5.34. The molecule has 2 heterocycles.